The molecule has 1 unspecified atom stereocenters. The van der Waals surface area contributed by atoms with Gasteiger partial charge in [-0.05, 0) is 24.8 Å². The van der Waals surface area contributed by atoms with E-state index in [9.17, 15) is 14.4 Å². The van der Waals surface area contributed by atoms with Crippen LogP contribution in [0.2, 0.25) is 0 Å². The summed E-state index contributed by atoms with van der Waals surface area (Å²) in [6.07, 6.45) is 4.82. The molecule has 2 aliphatic rings. The third kappa shape index (κ3) is 5.31. The predicted octanol–water partition coefficient (Wildman–Crippen LogP) is 1.25. The van der Waals surface area contributed by atoms with Gasteiger partial charge in [0.05, 0.1) is 24.3 Å². The quantitative estimate of drug-likeness (QED) is 0.646. The van der Waals surface area contributed by atoms with Crippen molar-refractivity contribution in [3.63, 3.8) is 0 Å². The van der Waals surface area contributed by atoms with Crippen LogP contribution in [0.1, 0.15) is 31.2 Å². The molecule has 0 aliphatic carbocycles. The molecular weight excluding hydrogens is 394 g/mol. The van der Waals surface area contributed by atoms with E-state index in [-0.39, 0.29) is 23.3 Å². The summed E-state index contributed by atoms with van der Waals surface area (Å²) in [5.41, 5.74) is 1.64. The first kappa shape index (κ1) is 21.1. The third-order valence-corrected chi connectivity index (χ3v) is 6.03. The molecule has 1 aromatic carbocycles. The van der Waals surface area contributed by atoms with Crippen molar-refractivity contribution in [3.8, 4) is 0 Å². The van der Waals surface area contributed by atoms with E-state index < -0.39 is 0 Å². The van der Waals surface area contributed by atoms with Gasteiger partial charge in [-0.1, -0.05) is 30.3 Å². The molecule has 0 bridgehead atoms. The maximum absolute atomic E-state index is 12.5. The van der Waals surface area contributed by atoms with Gasteiger partial charge in [0.1, 0.15) is 0 Å². The molecule has 2 aliphatic heterocycles. The number of aromatic nitrogens is 2. The first-order chi connectivity index (χ1) is 15.1. The molecule has 2 aromatic rings. The molecule has 8 nitrogen and oxygen atoms in total. The normalized spacial score (nSPS) is 18.6. The number of nitrogens with zero attached hydrogens (tertiary/aromatic N) is 4. The molecule has 164 valence electrons. The van der Waals surface area contributed by atoms with Crippen molar-refractivity contribution in [2.24, 2.45) is 5.92 Å². The Bertz CT molecular complexity index is 975. The van der Waals surface area contributed by atoms with Crippen LogP contribution in [0.15, 0.2) is 47.4 Å². The SMILES string of the molecule is O=C(NCCCN1CCCC1=O)C1CCN(c2cnn(Cc3ccccc3)c(=O)c2)C1. The molecule has 1 aromatic heterocycles. The monoisotopic (exact) mass is 423 g/mol. The van der Waals surface area contributed by atoms with Crippen LogP contribution in [0.3, 0.4) is 0 Å². The highest BCUT2D eigenvalue weighted by Crippen LogP contribution is 2.22. The lowest BCUT2D eigenvalue weighted by molar-refractivity contribution is -0.127. The number of hydrogen-bond acceptors (Lipinski definition) is 5. The van der Waals surface area contributed by atoms with Crippen molar-refractivity contribution in [1.29, 1.82) is 0 Å². The third-order valence-electron chi connectivity index (χ3n) is 6.03. The van der Waals surface area contributed by atoms with Crippen LogP contribution in [0.25, 0.3) is 0 Å². The van der Waals surface area contributed by atoms with E-state index in [0.717, 1.165) is 43.6 Å². The molecule has 4 rings (SSSR count). The highest BCUT2D eigenvalue weighted by molar-refractivity contribution is 5.80. The van der Waals surface area contributed by atoms with Gasteiger partial charge in [-0.25, -0.2) is 4.68 Å². The van der Waals surface area contributed by atoms with Crippen molar-refractivity contribution < 1.29 is 9.59 Å². The number of rotatable bonds is 8. The van der Waals surface area contributed by atoms with Crippen LogP contribution in [0.5, 0.6) is 0 Å². The van der Waals surface area contributed by atoms with Gasteiger partial charge in [0, 0.05) is 45.2 Å². The number of likely N-dealkylation sites (tertiary alicyclic amines) is 1. The first-order valence-corrected chi connectivity index (χ1v) is 11.0. The van der Waals surface area contributed by atoms with Crippen molar-refractivity contribution in [1.82, 2.24) is 20.0 Å². The fourth-order valence-electron chi connectivity index (χ4n) is 4.25. The van der Waals surface area contributed by atoms with Gasteiger partial charge in [0.2, 0.25) is 11.8 Å². The predicted molar refractivity (Wildman–Crippen MR) is 118 cm³/mol. The van der Waals surface area contributed by atoms with E-state index in [1.807, 2.05) is 35.2 Å². The minimum atomic E-state index is -0.147. The molecule has 2 saturated heterocycles. The van der Waals surface area contributed by atoms with Gasteiger partial charge < -0.3 is 15.1 Å². The van der Waals surface area contributed by atoms with Gasteiger partial charge in [-0.2, -0.15) is 5.10 Å². The minimum Gasteiger partial charge on any atom is -0.369 e. The van der Waals surface area contributed by atoms with Crippen molar-refractivity contribution >= 4 is 17.5 Å². The Morgan fingerprint density at radius 2 is 2.00 bits per heavy atom. The molecule has 2 fully saturated rings. The lowest BCUT2D eigenvalue weighted by Crippen LogP contribution is -2.35. The molecule has 2 amide bonds. The van der Waals surface area contributed by atoms with E-state index in [4.69, 9.17) is 0 Å². The highest BCUT2D eigenvalue weighted by Gasteiger charge is 2.29. The Labute approximate surface area is 181 Å². The van der Waals surface area contributed by atoms with Crippen molar-refractivity contribution in [3.05, 3.63) is 58.5 Å². The zero-order valence-electron chi connectivity index (χ0n) is 17.7. The fraction of sp³-hybridized carbons (Fsp3) is 0.478. The van der Waals surface area contributed by atoms with Crippen LogP contribution >= 0.6 is 0 Å². The van der Waals surface area contributed by atoms with Crippen molar-refractivity contribution in [2.45, 2.75) is 32.2 Å². The summed E-state index contributed by atoms with van der Waals surface area (Å²) in [6, 6.07) is 11.4. The molecule has 0 radical (unpaired) electrons. The maximum atomic E-state index is 12.5. The zero-order valence-corrected chi connectivity index (χ0v) is 17.7. The highest BCUT2D eigenvalue weighted by atomic mass is 16.2. The molecule has 1 atom stereocenters. The van der Waals surface area contributed by atoms with Gasteiger partial charge in [-0.3, -0.25) is 14.4 Å². The number of anilines is 1. The van der Waals surface area contributed by atoms with Crippen LogP contribution in [0, 0.1) is 5.92 Å². The Balaban J connectivity index is 1.25. The second-order valence-corrected chi connectivity index (χ2v) is 8.26. The molecule has 31 heavy (non-hydrogen) atoms. The molecular formula is C23H29N5O3. The summed E-state index contributed by atoms with van der Waals surface area (Å²) in [4.78, 5) is 40.5. The number of hydrogen-bond donors (Lipinski definition) is 1. The Morgan fingerprint density at radius 1 is 1.16 bits per heavy atom. The van der Waals surface area contributed by atoms with Gasteiger partial charge in [0.25, 0.3) is 5.56 Å². The summed E-state index contributed by atoms with van der Waals surface area (Å²) in [6.45, 7) is 3.87. The van der Waals surface area contributed by atoms with Gasteiger partial charge in [0.15, 0.2) is 0 Å². The number of carbonyl (C=O) groups excluding carboxylic acids is 2. The van der Waals surface area contributed by atoms with E-state index in [0.29, 0.717) is 32.6 Å². The largest absolute Gasteiger partial charge is 0.369 e. The summed E-state index contributed by atoms with van der Waals surface area (Å²) in [7, 11) is 0. The standard InChI is InChI=1S/C23H29N5O3/c29-21-8-4-11-26(21)12-5-10-24-23(31)19-9-13-27(17-19)20-14-22(30)28(25-15-20)16-18-6-2-1-3-7-18/h1-3,6-7,14-15,19H,4-5,8-13,16-17H2,(H,24,31). The van der Waals surface area contributed by atoms with Crippen LogP contribution < -0.4 is 15.8 Å². The van der Waals surface area contributed by atoms with Gasteiger partial charge in [-0.15, -0.1) is 0 Å². The smallest absolute Gasteiger partial charge is 0.269 e. The molecule has 8 heteroatoms. The maximum Gasteiger partial charge on any atom is 0.269 e. The van der Waals surface area contributed by atoms with E-state index in [1.165, 1.54) is 4.68 Å². The molecule has 1 N–H and O–H groups in total. The Morgan fingerprint density at radius 3 is 2.74 bits per heavy atom. The Kier molecular flexibility index (Phi) is 6.64. The minimum absolute atomic E-state index is 0.0422. The van der Waals surface area contributed by atoms with E-state index >= 15 is 0 Å². The summed E-state index contributed by atoms with van der Waals surface area (Å²) >= 11 is 0. The summed E-state index contributed by atoms with van der Waals surface area (Å²) in [5, 5.41) is 7.32. The number of nitrogens with one attached hydrogen (secondary N) is 1. The molecule has 3 heterocycles. The van der Waals surface area contributed by atoms with Gasteiger partial charge >= 0.3 is 0 Å². The first-order valence-electron chi connectivity index (χ1n) is 11.0. The van der Waals surface area contributed by atoms with Crippen LogP contribution in [0.4, 0.5) is 5.69 Å². The molecule has 0 spiro atoms. The van der Waals surface area contributed by atoms with Crippen LogP contribution in [-0.2, 0) is 16.1 Å². The second-order valence-electron chi connectivity index (χ2n) is 8.26. The number of carbonyl (C=O) groups is 2. The fourth-order valence-corrected chi connectivity index (χ4v) is 4.25. The second kappa shape index (κ2) is 9.76. The summed E-state index contributed by atoms with van der Waals surface area (Å²) in [5.74, 6) is 0.165. The van der Waals surface area contributed by atoms with Crippen molar-refractivity contribution in [2.75, 3.05) is 37.6 Å². The Hall–Kier alpha value is -3.16. The molecule has 0 saturated carbocycles. The van der Waals surface area contributed by atoms with E-state index in [1.54, 1.807) is 12.3 Å². The number of amides is 2. The lowest BCUT2D eigenvalue weighted by atomic mass is 10.1. The lowest BCUT2D eigenvalue weighted by Gasteiger charge is -2.19. The zero-order chi connectivity index (χ0) is 21.6. The van der Waals surface area contributed by atoms with Crippen LogP contribution in [-0.4, -0.2) is 59.2 Å². The van der Waals surface area contributed by atoms with E-state index in [2.05, 4.69) is 15.3 Å². The average molecular weight is 424 g/mol. The average Bonchev–Trinajstić information content (AvgIpc) is 3.43. The number of benzene rings is 1. The summed E-state index contributed by atoms with van der Waals surface area (Å²) < 4.78 is 1.45. The topological polar surface area (TPSA) is 87.5 Å².